The summed E-state index contributed by atoms with van der Waals surface area (Å²) in [4.78, 5) is 0. The lowest BCUT2D eigenvalue weighted by molar-refractivity contribution is -0.125. The molecule has 0 aliphatic heterocycles. The fourth-order valence-electron chi connectivity index (χ4n) is 2.88. The van der Waals surface area contributed by atoms with Gasteiger partial charge in [-0.1, -0.05) is 59.3 Å². The summed E-state index contributed by atoms with van der Waals surface area (Å²) in [6.07, 6.45) is 6.75. The molecule has 0 aromatic carbocycles. The highest BCUT2D eigenvalue weighted by Gasteiger charge is 2.30. The summed E-state index contributed by atoms with van der Waals surface area (Å²) in [5, 5.41) is 10.6. The molecule has 136 valence electrons. The standard InChI is InChI=1S/C20H38O3/c1-7-8-9-10-11-12-13-14-17(4)19(21)18(5)20(16(2)3)23-15-22-6/h16-21H,7-12,15H2,1-6H3/t17-,18-,19-,20+/m1/s1. The fraction of sp³-hybridized carbons (Fsp3) is 0.900. The molecule has 0 aliphatic rings. The molecule has 23 heavy (non-hydrogen) atoms. The average Bonchev–Trinajstić information content (AvgIpc) is 2.52. The summed E-state index contributed by atoms with van der Waals surface area (Å²) < 4.78 is 10.7. The van der Waals surface area contributed by atoms with Crippen LogP contribution in [0.3, 0.4) is 0 Å². The predicted octanol–water partition coefficient (Wildman–Crippen LogP) is 4.63. The van der Waals surface area contributed by atoms with Gasteiger partial charge in [-0.25, -0.2) is 0 Å². The topological polar surface area (TPSA) is 38.7 Å². The maximum absolute atomic E-state index is 10.6. The van der Waals surface area contributed by atoms with Crippen LogP contribution in [0.4, 0.5) is 0 Å². The summed E-state index contributed by atoms with van der Waals surface area (Å²) in [6.45, 7) is 10.7. The molecule has 0 amide bonds. The Morgan fingerprint density at radius 3 is 2.22 bits per heavy atom. The Morgan fingerprint density at radius 2 is 1.65 bits per heavy atom. The largest absolute Gasteiger partial charge is 0.391 e. The van der Waals surface area contributed by atoms with E-state index in [0.29, 0.717) is 5.92 Å². The molecule has 0 bridgehead atoms. The van der Waals surface area contributed by atoms with Gasteiger partial charge in [0.05, 0.1) is 12.2 Å². The van der Waals surface area contributed by atoms with Crippen molar-refractivity contribution in [3.05, 3.63) is 0 Å². The predicted molar refractivity (Wildman–Crippen MR) is 97.1 cm³/mol. The molecule has 0 fully saturated rings. The van der Waals surface area contributed by atoms with E-state index >= 15 is 0 Å². The third kappa shape index (κ3) is 10.0. The first-order valence-corrected chi connectivity index (χ1v) is 9.22. The lowest BCUT2D eigenvalue weighted by Gasteiger charge is -2.32. The fourth-order valence-corrected chi connectivity index (χ4v) is 2.88. The molecular weight excluding hydrogens is 288 g/mol. The number of unbranched alkanes of at least 4 members (excludes halogenated alkanes) is 5. The normalized spacial score (nSPS) is 16.5. The monoisotopic (exact) mass is 326 g/mol. The first kappa shape index (κ1) is 22.4. The van der Waals surface area contributed by atoms with Crippen LogP contribution >= 0.6 is 0 Å². The van der Waals surface area contributed by atoms with Gasteiger partial charge < -0.3 is 14.6 Å². The van der Waals surface area contributed by atoms with Crippen molar-refractivity contribution >= 4 is 0 Å². The molecule has 0 unspecified atom stereocenters. The zero-order valence-corrected chi connectivity index (χ0v) is 16.1. The highest BCUT2D eigenvalue weighted by Crippen LogP contribution is 2.24. The van der Waals surface area contributed by atoms with Crippen molar-refractivity contribution in [1.29, 1.82) is 0 Å². The molecule has 0 saturated heterocycles. The van der Waals surface area contributed by atoms with E-state index in [-0.39, 0.29) is 24.7 Å². The van der Waals surface area contributed by atoms with Gasteiger partial charge >= 0.3 is 0 Å². The number of aliphatic hydroxyl groups is 1. The minimum absolute atomic E-state index is 0.0248. The molecule has 0 saturated carbocycles. The Balaban J connectivity index is 4.31. The van der Waals surface area contributed by atoms with Crippen molar-refractivity contribution in [1.82, 2.24) is 0 Å². The van der Waals surface area contributed by atoms with Crippen LogP contribution in [0.5, 0.6) is 0 Å². The lowest BCUT2D eigenvalue weighted by Crippen LogP contribution is -2.38. The van der Waals surface area contributed by atoms with Gasteiger partial charge in [-0.3, -0.25) is 0 Å². The minimum Gasteiger partial charge on any atom is -0.391 e. The van der Waals surface area contributed by atoms with Crippen LogP contribution in [0, 0.1) is 29.6 Å². The highest BCUT2D eigenvalue weighted by molar-refractivity contribution is 5.05. The third-order valence-corrected chi connectivity index (χ3v) is 4.34. The van der Waals surface area contributed by atoms with Gasteiger partial charge in [0.25, 0.3) is 0 Å². The van der Waals surface area contributed by atoms with Gasteiger partial charge in [0.2, 0.25) is 0 Å². The Labute approximate surface area is 144 Å². The van der Waals surface area contributed by atoms with E-state index in [1.165, 1.54) is 25.7 Å². The second kappa shape index (κ2) is 13.8. The quantitative estimate of drug-likeness (QED) is 0.323. The molecule has 0 aromatic heterocycles. The number of methoxy groups -OCH3 is 1. The van der Waals surface area contributed by atoms with E-state index in [2.05, 4.69) is 32.6 Å². The van der Waals surface area contributed by atoms with E-state index in [4.69, 9.17) is 9.47 Å². The number of rotatable bonds is 12. The molecule has 3 nitrogen and oxygen atoms in total. The van der Waals surface area contributed by atoms with E-state index in [9.17, 15) is 5.11 Å². The summed E-state index contributed by atoms with van der Waals surface area (Å²) in [6, 6.07) is 0. The molecule has 0 spiro atoms. The molecule has 0 aromatic rings. The van der Waals surface area contributed by atoms with Crippen LogP contribution in [-0.2, 0) is 9.47 Å². The minimum atomic E-state index is -0.480. The maximum atomic E-state index is 10.6. The summed E-state index contributed by atoms with van der Waals surface area (Å²) >= 11 is 0. The van der Waals surface area contributed by atoms with Crippen molar-refractivity contribution in [3.8, 4) is 11.8 Å². The summed E-state index contributed by atoms with van der Waals surface area (Å²) in [5.41, 5.74) is 0. The van der Waals surface area contributed by atoms with Gasteiger partial charge in [-0.15, -0.1) is 5.92 Å². The van der Waals surface area contributed by atoms with Crippen LogP contribution in [-0.4, -0.2) is 31.2 Å². The molecule has 1 N–H and O–H groups in total. The molecule has 4 atom stereocenters. The Kier molecular flexibility index (Phi) is 13.5. The van der Waals surface area contributed by atoms with E-state index in [1.807, 2.05) is 13.8 Å². The third-order valence-electron chi connectivity index (χ3n) is 4.34. The number of ether oxygens (including phenoxy) is 2. The average molecular weight is 327 g/mol. The van der Waals surface area contributed by atoms with Crippen molar-refractivity contribution in [2.45, 2.75) is 85.4 Å². The van der Waals surface area contributed by atoms with E-state index in [1.54, 1.807) is 7.11 Å². The van der Waals surface area contributed by atoms with Crippen molar-refractivity contribution < 1.29 is 14.6 Å². The molecule has 0 radical (unpaired) electrons. The lowest BCUT2D eigenvalue weighted by atomic mass is 9.85. The molecule has 0 heterocycles. The molecule has 0 rings (SSSR count). The van der Waals surface area contributed by atoms with Gasteiger partial charge in [-0.05, 0) is 19.3 Å². The van der Waals surface area contributed by atoms with Crippen LogP contribution in [0.25, 0.3) is 0 Å². The smallest absolute Gasteiger partial charge is 0.146 e. The second-order valence-electron chi connectivity index (χ2n) is 6.91. The SMILES string of the molecule is CCCCCCCC#C[C@@H](C)[C@@H](O)[C@@H](C)[C@@H](OCOC)C(C)C. The van der Waals surface area contributed by atoms with Crippen LogP contribution in [0.15, 0.2) is 0 Å². The van der Waals surface area contributed by atoms with Crippen molar-refractivity contribution in [3.63, 3.8) is 0 Å². The second-order valence-corrected chi connectivity index (χ2v) is 6.91. The van der Waals surface area contributed by atoms with Gasteiger partial charge in [-0.2, -0.15) is 0 Å². The first-order valence-electron chi connectivity index (χ1n) is 9.22. The van der Waals surface area contributed by atoms with Crippen LogP contribution in [0.2, 0.25) is 0 Å². The molecule has 0 aliphatic carbocycles. The zero-order chi connectivity index (χ0) is 17.7. The Hall–Kier alpha value is -0.560. The maximum Gasteiger partial charge on any atom is 0.146 e. The summed E-state index contributed by atoms with van der Waals surface area (Å²) in [5.74, 6) is 6.77. The van der Waals surface area contributed by atoms with Gasteiger partial charge in [0.1, 0.15) is 6.79 Å². The van der Waals surface area contributed by atoms with Crippen LogP contribution in [0.1, 0.15) is 73.1 Å². The van der Waals surface area contributed by atoms with Gasteiger partial charge in [0.15, 0.2) is 0 Å². The van der Waals surface area contributed by atoms with Gasteiger partial charge in [0, 0.05) is 25.4 Å². The number of hydrogen-bond acceptors (Lipinski definition) is 3. The number of hydrogen-bond donors (Lipinski definition) is 1. The van der Waals surface area contributed by atoms with E-state index in [0.717, 1.165) is 12.8 Å². The summed E-state index contributed by atoms with van der Waals surface area (Å²) in [7, 11) is 1.62. The zero-order valence-electron chi connectivity index (χ0n) is 16.1. The van der Waals surface area contributed by atoms with Crippen molar-refractivity contribution in [2.24, 2.45) is 17.8 Å². The van der Waals surface area contributed by atoms with Crippen molar-refractivity contribution in [2.75, 3.05) is 13.9 Å². The van der Waals surface area contributed by atoms with E-state index < -0.39 is 6.10 Å². The Bertz CT molecular complexity index is 330. The number of aliphatic hydroxyl groups excluding tert-OH is 1. The Morgan fingerprint density at radius 1 is 1.00 bits per heavy atom. The molecular formula is C20H38O3. The first-order chi connectivity index (χ1) is 11.0. The highest BCUT2D eigenvalue weighted by atomic mass is 16.7. The molecule has 3 heteroatoms. The van der Waals surface area contributed by atoms with Crippen LogP contribution < -0.4 is 0 Å².